The Morgan fingerprint density at radius 3 is 2.00 bits per heavy atom. The molecule has 2 fully saturated rings. The van der Waals surface area contributed by atoms with Crippen LogP contribution >= 0.6 is 0 Å². The van der Waals surface area contributed by atoms with E-state index in [9.17, 15) is 56.2 Å². The van der Waals surface area contributed by atoms with E-state index in [0.29, 0.717) is 0 Å². The van der Waals surface area contributed by atoms with E-state index in [0.717, 1.165) is 18.2 Å². The molecule has 6 unspecified atom stereocenters. The van der Waals surface area contributed by atoms with E-state index < -0.39 is 91.9 Å². The molecule has 2 aliphatic rings. The Bertz CT molecular complexity index is 1450. The molecule has 3 aromatic rings. The normalized spacial score (nSPS) is 33.0. The highest BCUT2D eigenvalue weighted by Crippen LogP contribution is 2.42. The smallest absolute Gasteiger partial charge is 0.402 e. The van der Waals surface area contributed by atoms with Crippen molar-refractivity contribution in [3.63, 3.8) is 0 Å². The number of hydrogen-bond donors (Lipinski definition) is 11. The van der Waals surface area contributed by atoms with Crippen molar-refractivity contribution in [3.8, 4) is 40.1 Å². The van der Waals surface area contributed by atoms with Gasteiger partial charge in [0.2, 0.25) is 12.0 Å². The molecule has 2 aliphatic heterocycles. The van der Waals surface area contributed by atoms with Gasteiger partial charge in [0.25, 0.3) is 0 Å². The quantitative estimate of drug-likeness (QED) is 0.104. The fraction of sp³-hybridized carbons (Fsp3) is 0.444. The Labute approximate surface area is 242 Å². The number of phenols is 4. The molecular formula is C27H31O16+. The third-order valence-electron chi connectivity index (χ3n) is 7.24. The van der Waals surface area contributed by atoms with Gasteiger partial charge in [-0.25, -0.2) is 4.42 Å². The molecule has 0 bridgehead atoms. The maximum absolute atomic E-state index is 10.7. The minimum absolute atomic E-state index is 0.0150. The summed E-state index contributed by atoms with van der Waals surface area (Å²) in [4.78, 5) is 0. The van der Waals surface area contributed by atoms with Crippen LogP contribution in [0.25, 0.3) is 22.3 Å². The van der Waals surface area contributed by atoms with Crippen LogP contribution in [-0.2, 0) is 14.2 Å². The number of aromatic hydroxyl groups is 4. The summed E-state index contributed by atoms with van der Waals surface area (Å²) in [5.41, 5.74) is 0.127. The lowest BCUT2D eigenvalue weighted by Gasteiger charge is -2.42. The molecule has 0 aliphatic carbocycles. The molecule has 16 nitrogen and oxygen atoms in total. The summed E-state index contributed by atoms with van der Waals surface area (Å²) in [6, 6.07) is 7.13. The predicted octanol–water partition coefficient (Wildman–Crippen LogP) is -1.79. The SMILES string of the molecule is OCC1O[C@@H](OCC2O[C@@H](Oc3cc4c(O)cc(O)cc4[o+]c3-c3ccc(O)c(O)c3)C(O)C(O)[C@H]2O)C(O)C(O)[C@@H]1O. The van der Waals surface area contributed by atoms with E-state index in [1.165, 1.54) is 18.2 Å². The third kappa shape index (κ3) is 5.98. The van der Waals surface area contributed by atoms with E-state index in [-0.39, 0.29) is 33.8 Å². The van der Waals surface area contributed by atoms with Gasteiger partial charge in [-0.05, 0) is 12.1 Å². The number of benzene rings is 2. The number of aliphatic hydroxyl groups excluding tert-OH is 7. The van der Waals surface area contributed by atoms with Gasteiger partial charge < -0.3 is 75.1 Å². The third-order valence-corrected chi connectivity index (χ3v) is 7.24. The Kier molecular flexibility index (Phi) is 8.77. The Morgan fingerprint density at radius 1 is 0.674 bits per heavy atom. The van der Waals surface area contributed by atoms with Crippen LogP contribution in [0.1, 0.15) is 0 Å². The molecular weight excluding hydrogens is 580 g/mol. The van der Waals surface area contributed by atoms with Crippen molar-refractivity contribution in [1.82, 2.24) is 0 Å². The van der Waals surface area contributed by atoms with Gasteiger partial charge in [0, 0.05) is 18.2 Å². The Morgan fingerprint density at radius 2 is 1.33 bits per heavy atom. The van der Waals surface area contributed by atoms with Gasteiger partial charge in [0.1, 0.15) is 65.7 Å². The minimum atomic E-state index is -1.86. The lowest BCUT2D eigenvalue weighted by Crippen LogP contribution is -2.62. The second kappa shape index (κ2) is 12.2. The van der Waals surface area contributed by atoms with Crippen molar-refractivity contribution in [2.24, 2.45) is 0 Å². The van der Waals surface area contributed by atoms with Crippen LogP contribution in [0, 0.1) is 0 Å². The first kappa shape index (κ1) is 30.9. The number of rotatable bonds is 7. The Balaban J connectivity index is 1.43. The number of hydrogen-bond acceptors (Lipinski definition) is 15. The van der Waals surface area contributed by atoms with Crippen LogP contribution in [0.5, 0.6) is 28.7 Å². The fourth-order valence-corrected chi connectivity index (χ4v) is 4.81. The topological polar surface area (TPSA) is 271 Å². The van der Waals surface area contributed by atoms with Gasteiger partial charge in [-0.2, -0.15) is 0 Å². The van der Waals surface area contributed by atoms with Gasteiger partial charge in [0.05, 0.1) is 24.8 Å². The molecule has 1 aromatic heterocycles. The molecule has 43 heavy (non-hydrogen) atoms. The van der Waals surface area contributed by atoms with Crippen LogP contribution < -0.4 is 4.74 Å². The van der Waals surface area contributed by atoms with Gasteiger partial charge in [-0.1, -0.05) is 0 Å². The summed E-state index contributed by atoms with van der Waals surface area (Å²) in [7, 11) is 0. The molecule has 2 aromatic carbocycles. The van der Waals surface area contributed by atoms with Crippen LogP contribution in [-0.4, -0.2) is 131 Å². The van der Waals surface area contributed by atoms with Gasteiger partial charge in [0.15, 0.2) is 17.8 Å². The zero-order valence-corrected chi connectivity index (χ0v) is 22.1. The summed E-state index contributed by atoms with van der Waals surface area (Å²) in [5, 5.41) is 111. The lowest BCUT2D eigenvalue weighted by molar-refractivity contribution is -0.323. The van der Waals surface area contributed by atoms with Gasteiger partial charge in [-0.3, -0.25) is 0 Å². The first-order chi connectivity index (χ1) is 20.4. The average molecular weight is 612 g/mol. The largest absolute Gasteiger partial charge is 0.507 e. The van der Waals surface area contributed by atoms with Gasteiger partial charge >= 0.3 is 11.3 Å². The summed E-state index contributed by atoms with van der Waals surface area (Å²) in [6.45, 7) is -1.31. The minimum Gasteiger partial charge on any atom is -0.507 e. The summed E-state index contributed by atoms with van der Waals surface area (Å²) < 4.78 is 28.1. The van der Waals surface area contributed by atoms with E-state index in [4.69, 9.17) is 23.4 Å². The lowest BCUT2D eigenvalue weighted by atomic mass is 9.98. The molecule has 11 N–H and O–H groups in total. The zero-order chi connectivity index (χ0) is 31.2. The van der Waals surface area contributed by atoms with Crippen molar-refractivity contribution >= 4 is 11.0 Å². The number of phenolic OH excluding ortho intramolecular Hbond substituents is 4. The van der Waals surface area contributed by atoms with E-state index in [1.807, 2.05) is 0 Å². The molecule has 234 valence electrons. The second-order valence-corrected chi connectivity index (χ2v) is 10.2. The second-order valence-electron chi connectivity index (χ2n) is 10.2. The molecule has 0 radical (unpaired) electrons. The molecule has 2 saturated heterocycles. The van der Waals surface area contributed by atoms with Crippen molar-refractivity contribution in [2.75, 3.05) is 13.2 Å². The first-order valence-electron chi connectivity index (χ1n) is 13.0. The molecule has 3 heterocycles. The monoisotopic (exact) mass is 611 g/mol. The highest BCUT2D eigenvalue weighted by molar-refractivity contribution is 5.88. The fourth-order valence-electron chi connectivity index (χ4n) is 4.81. The van der Waals surface area contributed by atoms with Crippen molar-refractivity contribution in [3.05, 3.63) is 36.4 Å². The molecule has 5 rings (SSSR count). The van der Waals surface area contributed by atoms with Crippen LogP contribution in [0.15, 0.2) is 40.8 Å². The highest BCUT2D eigenvalue weighted by Gasteiger charge is 2.48. The number of ether oxygens (including phenoxy) is 4. The van der Waals surface area contributed by atoms with Crippen molar-refractivity contribution in [2.45, 2.75) is 61.4 Å². The van der Waals surface area contributed by atoms with Crippen LogP contribution in [0.2, 0.25) is 0 Å². The molecule has 16 heteroatoms. The summed E-state index contributed by atoms with van der Waals surface area (Å²) in [6.07, 6.45) is -16.6. The van der Waals surface area contributed by atoms with Crippen molar-refractivity contribution < 1.29 is 79.5 Å². The van der Waals surface area contributed by atoms with E-state index in [2.05, 4.69) is 0 Å². The Hall–Kier alpha value is -3.55. The number of aliphatic hydroxyl groups is 7. The zero-order valence-electron chi connectivity index (χ0n) is 22.1. The molecule has 0 spiro atoms. The van der Waals surface area contributed by atoms with E-state index in [1.54, 1.807) is 0 Å². The van der Waals surface area contributed by atoms with E-state index >= 15 is 0 Å². The standard InChI is InChI=1S/C27H30O16/c28-7-17-19(33)21(35)23(37)26(42-17)39-8-18-20(34)22(36)24(38)27(43-18)41-16-6-11-13(31)4-10(29)5-15(11)40-25(16)9-1-2-12(30)14(32)3-9/h1-6,17-24,26-28,33-38H,7-8H2,(H3-,29,30,31,32)/p+1/t17?,18?,19-,20+,21?,22?,23?,24?,26-,27-/m1/s1. The number of fused-ring (bicyclic) bond motifs is 1. The maximum Gasteiger partial charge on any atom is 0.402 e. The van der Waals surface area contributed by atoms with Crippen LogP contribution in [0.3, 0.4) is 0 Å². The molecule has 0 amide bonds. The first-order valence-corrected chi connectivity index (χ1v) is 13.0. The summed E-state index contributed by atoms with van der Waals surface area (Å²) in [5.74, 6) is -2.02. The molecule has 10 atom stereocenters. The maximum atomic E-state index is 10.7. The summed E-state index contributed by atoms with van der Waals surface area (Å²) >= 11 is 0. The predicted molar refractivity (Wildman–Crippen MR) is 140 cm³/mol. The molecule has 0 saturated carbocycles. The highest BCUT2D eigenvalue weighted by atomic mass is 16.7. The van der Waals surface area contributed by atoms with Crippen LogP contribution in [0.4, 0.5) is 0 Å². The van der Waals surface area contributed by atoms with Gasteiger partial charge in [-0.15, -0.1) is 0 Å². The van der Waals surface area contributed by atoms with Crippen molar-refractivity contribution in [1.29, 1.82) is 0 Å². The average Bonchev–Trinajstić information content (AvgIpc) is 2.97.